The molecule has 1 rings (SSSR count). The second-order valence-corrected chi connectivity index (χ2v) is 2.51. The van der Waals surface area contributed by atoms with Crippen molar-refractivity contribution in [2.24, 2.45) is 0 Å². The molecule has 0 bridgehead atoms. The minimum absolute atomic E-state index is 0.0440. The first-order valence-corrected chi connectivity index (χ1v) is 3.27. The van der Waals surface area contributed by atoms with E-state index in [1.807, 2.05) is 0 Å². The van der Waals surface area contributed by atoms with Gasteiger partial charge in [0.1, 0.15) is 0 Å². The first kappa shape index (κ1) is 8.19. The zero-order valence-electron chi connectivity index (χ0n) is 6.05. The van der Waals surface area contributed by atoms with Crippen LogP contribution in [0.1, 0.15) is 19.8 Å². The number of halogens is 3. The van der Waals surface area contributed by atoms with Crippen LogP contribution in [0.25, 0.3) is 0 Å². The summed E-state index contributed by atoms with van der Waals surface area (Å²) in [6, 6.07) is 0. The van der Waals surface area contributed by atoms with Crippen LogP contribution in [0, 0.1) is 0 Å². The monoisotopic (exact) mass is 160 g/mol. The molecule has 0 saturated heterocycles. The van der Waals surface area contributed by atoms with Crippen molar-refractivity contribution in [2.45, 2.75) is 25.9 Å². The van der Waals surface area contributed by atoms with Crippen LogP contribution in [-0.4, -0.2) is 6.18 Å². The minimum atomic E-state index is -4.21. The van der Waals surface area contributed by atoms with Gasteiger partial charge < -0.3 is 0 Å². The van der Waals surface area contributed by atoms with Gasteiger partial charge in [-0.25, -0.2) is 0 Å². The van der Waals surface area contributed by atoms with E-state index in [1.54, 1.807) is 6.92 Å². The van der Waals surface area contributed by atoms with Gasteiger partial charge in [0.2, 0.25) is 0 Å². The summed E-state index contributed by atoms with van der Waals surface area (Å²) in [5.41, 5.74) is 4.80. The fourth-order valence-corrected chi connectivity index (χ4v) is 0.832. The third kappa shape index (κ3) is 2.01. The zero-order chi connectivity index (χ0) is 8.48. The molecule has 0 unspecified atom stereocenters. The van der Waals surface area contributed by atoms with E-state index in [-0.39, 0.29) is 6.42 Å². The maximum Gasteiger partial charge on any atom is 0.420 e. The van der Waals surface area contributed by atoms with E-state index < -0.39 is 11.7 Å². The van der Waals surface area contributed by atoms with Crippen molar-refractivity contribution in [3.63, 3.8) is 0 Å². The number of rotatable bonds is 0. The van der Waals surface area contributed by atoms with Crippen molar-refractivity contribution in [3.05, 3.63) is 22.6 Å². The lowest BCUT2D eigenvalue weighted by Crippen LogP contribution is -2.11. The summed E-state index contributed by atoms with van der Waals surface area (Å²) in [7, 11) is 0. The molecule has 0 heterocycles. The molecule has 60 valence electrons. The Kier molecular flexibility index (Phi) is 1.95. The zero-order valence-corrected chi connectivity index (χ0v) is 6.05. The molecule has 0 amide bonds. The van der Waals surface area contributed by atoms with Gasteiger partial charge in [0.25, 0.3) is 0 Å². The molecule has 0 atom stereocenters. The van der Waals surface area contributed by atoms with E-state index in [0.717, 1.165) is 5.57 Å². The maximum atomic E-state index is 11.9. The van der Waals surface area contributed by atoms with E-state index >= 15 is 0 Å². The summed E-state index contributed by atoms with van der Waals surface area (Å²) in [6.45, 7) is 1.75. The van der Waals surface area contributed by atoms with Crippen molar-refractivity contribution >= 4 is 0 Å². The largest absolute Gasteiger partial charge is 0.420 e. The molecule has 0 nitrogen and oxygen atoms in total. The molecule has 0 radical (unpaired) electrons. The van der Waals surface area contributed by atoms with Gasteiger partial charge in [-0.2, -0.15) is 13.2 Å². The Bertz CT molecular complexity index is 258. The topological polar surface area (TPSA) is 0 Å². The summed E-state index contributed by atoms with van der Waals surface area (Å²) in [5, 5.41) is 0. The molecule has 0 spiro atoms. The fraction of sp³-hybridized carbons (Fsp3) is 0.500. The van der Waals surface area contributed by atoms with Gasteiger partial charge in [0.15, 0.2) is 0 Å². The minimum Gasteiger partial charge on any atom is -0.166 e. The highest BCUT2D eigenvalue weighted by atomic mass is 19.4. The predicted octanol–water partition coefficient (Wildman–Crippen LogP) is 2.97. The molecule has 11 heavy (non-hydrogen) atoms. The summed E-state index contributed by atoms with van der Waals surface area (Å²) in [4.78, 5) is 0. The molecule has 0 aromatic carbocycles. The molecule has 0 N–H and O–H groups in total. The fourth-order valence-electron chi connectivity index (χ4n) is 0.832. The molecule has 1 aliphatic carbocycles. The molecule has 0 fully saturated rings. The van der Waals surface area contributed by atoms with Gasteiger partial charge in [0, 0.05) is 0 Å². The average molecular weight is 160 g/mol. The molecule has 0 aliphatic heterocycles. The highest BCUT2D eigenvalue weighted by Crippen LogP contribution is 2.30. The molecular weight excluding hydrogens is 153 g/mol. The lowest BCUT2D eigenvalue weighted by Gasteiger charge is -2.09. The Morgan fingerprint density at radius 2 is 1.82 bits per heavy atom. The molecule has 1 aliphatic rings. The van der Waals surface area contributed by atoms with Gasteiger partial charge in [-0.3, -0.25) is 0 Å². The van der Waals surface area contributed by atoms with E-state index in [0.29, 0.717) is 6.42 Å². The normalized spacial score (nSPS) is 17.8. The van der Waals surface area contributed by atoms with Gasteiger partial charge in [-0.05, 0) is 25.3 Å². The molecule has 0 aromatic heterocycles. The summed E-state index contributed by atoms with van der Waals surface area (Å²) in [5.74, 6) is 0. The quantitative estimate of drug-likeness (QED) is 0.478. The van der Waals surface area contributed by atoms with E-state index in [9.17, 15) is 13.2 Å². The number of allylic oxidation sites excluding steroid dienone is 2. The van der Waals surface area contributed by atoms with Crippen molar-refractivity contribution < 1.29 is 13.2 Å². The smallest absolute Gasteiger partial charge is 0.166 e. The Labute approximate surface area is 62.7 Å². The average Bonchev–Trinajstić information content (AvgIpc) is 1.86. The third-order valence-corrected chi connectivity index (χ3v) is 1.52. The van der Waals surface area contributed by atoms with Crippen molar-refractivity contribution in [3.8, 4) is 0 Å². The standard InChI is InChI=1S/C8H7F3/c1-6-2-4-7(5-3-6)8(9,10)11/h2,4H2,1H3. The van der Waals surface area contributed by atoms with E-state index in [2.05, 4.69) is 11.5 Å². The van der Waals surface area contributed by atoms with E-state index in [4.69, 9.17) is 0 Å². The lowest BCUT2D eigenvalue weighted by atomic mass is 10.0. The van der Waals surface area contributed by atoms with Gasteiger partial charge in [0.05, 0.1) is 5.57 Å². The summed E-state index contributed by atoms with van der Waals surface area (Å²) >= 11 is 0. The first-order valence-electron chi connectivity index (χ1n) is 3.27. The van der Waals surface area contributed by atoms with Crippen LogP contribution in [0.4, 0.5) is 13.2 Å². The summed E-state index contributed by atoms with van der Waals surface area (Å²) < 4.78 is 35.8. The number of alkyl halides is 3. The van der Waals surface area contributed by atoms with Crippen LogP contribution in [0.2, 0.25) is 0 Å². The van der Waals surface area contributed by atoms with E-state index in [1.165, 1.54) is 0 Å². The van der Waals surface area contributed by atoms with Gasteiger partial charge in [-0.15, -0.1) is 0 Å². The second kappa shape index (κ2) is 2.61. The summed E-state index contributed by atoms with van der Waals surface area (Å²) in [6.07, 6.45) is -3.72. The highest BCUT2D eigenvalue weighted by Gasteiger charge is 2.33. The SMILES string of the molecule is CC1=C=C=C(C(F)(F)F)CC1. The Morgan fingerprint density at radius 1 is 1.18 bits per heavy atom. The van der Waals surface area contributed by atoms with Crippen LogP contribution in [0.5, 0.6) is 0 Å². The van der Waals surface area contributed by atoms with Crippen molar-refractivity contribution in [2.75, 3.05) is 0 Å². The molecular formula is C8H7F3. The van der Waals surface area contributed by atoms with Crippen molar-refractivity contribution in [1.29, 1.82) is 0 Å². The molecule has 3 heteroatoms. The van der Waals surface area contributed by atoms with Gasteiger partial charge in [-0.1, -0.05) is 11.5 Å². The maximum absolute atomic E-state index is 11.9. The van der Waals surface area contributed by atoms with Crippen LogP contribution < -0.4 is 0 Å². The Balaban J connectivity index is 3.03. The van der Waals surface area contributed by atoms with Gasteiger partial charge >= 0.3 is 6.18 Å². The Morgan fingerprint density at radius 3 is 2.18 bits per heavy atom. The second-order valence-electron chi connectivity index (χ2n) is 2.51. The van der Waals surface area contributed by atoms with Crippen LogP contribution in [0.15, 0.2) is 22.6 Å². The lowest BCUT2D eigenvalue weighted by molar-refractivity contribution is -0.0938. The first-order chi connectivity index (χ1) is 5.00. The van der Waals surface area contributed by atoms with Crippen LogP contribution in [-0.2, 0) is 0 Å². The molecule has 0 aromatic rings. The predicted molar refractivity (Wildman–Crippen MR) is 35.0 cm³/mol. The van der Waals surface area contributed by atoms with Crippen molar-refractivity contribution in [1.82, 2.24) is 0 Å². The number of hydrogen-bond donors (Lipinski definition) is 0. The molecule has 0 saturated carbocycles. The highest BCUT2D eigenvalue weighted by molar-refractivity contribution is 5.16. The third-order valence-electron chi connectivity index (χ3n) is 1.52. The number of hydrogen-bond acceptors (Lipinski definition) is 0. The Hall–Kier alpha value is -0.910. The van der Waals surface area contributed by atoms with Crippen LogP contribution in [0.3, 0.4) is 0 Å². The van der Waals surface area contributed by atoms with Crippen LogP contribution >= 0.6 is 0 Å².